The van der Waals surface area contributed by atoms with Crippen LogP contribution in [0.15, 0.2) is 48.7 Å². The summed E-state index contributed by atoms with van der Waals surface area (Å²) in [5.41, 5.74) is 0.268. The van der Waals surface area contributed by atoms with E-state index in [9.17, 15) is 18.0 Å². The monoisotopic (exact) mass is 415 g/mol. The number of ether oxygens (including phenoxy) is 1. The third kappa shape index (κ3) is 3.69. The van der Waals surface area contributed by atoms with Crippen LogP contribution in [0.1, 0.15) is 36.8 Å². The van der Waals surface area contributed by atoms with E-state index < -0.39 is 11.7 Å². The number of nitrogens with zero attached hydrogens (tertiary/aromatic N) is 3. The number of carbonyl (C=O) groups excluding carboxylic acids is 1. The van der Waals surface area contributed by atoms with Gasteiger partial charge in [-0.05, 0) is 37.3 Å². The zero-order chi connectivity index (χ0) is 21.7. The van der Waals surface area contributed by atoms with Crippen LogP contribution in [0.25, 0.3) is 10.9 Å². The Morgan fingerprint density at radius 1 is 1.17 bits per heavy atom. The SMILES string of the molecule is C[C@H]1N(C(=O)c2ccc3cc(Oc4ccc(C(F)(F)F)cn4)ccc3n2)CC1(C)C. The molecule has 1 fully saturated rings. The number of carbonyl (C=O) groups is 1. The molecule has 30 heavy (non-hydrogen) atoms. The Labute approximate surface area is 171 Å². The number of halogens is 3. The van der Waals surface area contributed by atoms with Crippen molar-refractivity contribution in [3.05, 3.63) is 59.9 Å². The molecule has 0 spiro atoms. The van der Waals surface area contributed by atoms with Crippen LogP contribution >= 0.6 is 0 Å². The number of aromatic nitrogens is 2. The van der Waals surface area contributed by atoms with Gasteiger partial charge in [0.05, 0.1) is 11.1 Å². The minimum atomic E-state index is -4.45. The predicted molar refractivity (Wildman–Crippen MR) is 105 cm³/mol. The molecule has 0 unspecified atom stereocenters. The summed E-state index contributed by atoms with van der Waals surface area (Å²) in [5, 5.41) is 0.743. The summed E-state index contributed by atoms with van der Waals surface area (Å²) < 4.78 is 43.4. The lowest BCUT2D eigenvalue weighted by atomic mass is 9.76. The van der Waals surface area contributed by atoms with E-state index in [1.54, 1.807) is 30.3 Å². The molecular formula is C22H20F3N3O2. The van der Waals surface area contributed by atoms with Gasteiger partial charge in [-0.1, -0.05) is 19.9 Å². The second-order valence-electron chi connectivity index (χ2n) is 8.13. The second kappa shape index (κ2) is 6.97. The third-order valence-corrected chi connectivity index (χ3v) is 5.60. The summed E-state index contributed by atoms with van der Waals surface area (Å²) in [4.78, 5) is 22.7. The van der Waals surface area contributed by atoms with Crippen LogP contribution < -0.4 is 4.74 Å². The Kier molecular flexibility index (Phi) is 4.67. The predicted octanol–water partition coefficient (Wildman–Crippen LogP) is 5.31. The summed E-state index contributed by atoms with van der Waals surface area (Å²) in [6.45, 7) is 6.98. The highest BCUT2D eigenvalue weighted by Gasteiger charge is 2.45. The fourth-order valence-corrected chi connectivity index (χ4v) is 3.43. The number of likely N-dealkylation sites (tertiary alicyclic amines) is 1. The summed E-state index contributed by atoms with van der Waals surface area (Å²) in [6, 6.07) is 10.7. The van der Waals surface area contributed by atoms with Crippen molar-refractivity contribution in [2.24, 2.45) is 5.41 Å². The van der Waals surface area contributed by atoms with Gasteiger partial charge in [0.1, 0.15) is 11.4 Å². The zero-order valence-electron chi connectivity index (χ0n) is 16.7. The number of amides is 1. The lowest BCUT2D eigenvalue weighted by Crippen LogP contribution is -2.62. The molecule has 2 aromatic heterocycles. The average Bonchev–Trinajstić information content (AvgIpc) is 2.70. The molecule has 0 bridgehead atoms. The van der Waals surface area contributed by atoms with Crippen molar-refractivity contribution in [2.75, 3.05) is 6.54 Å². The van der Waals surface area contributed by atoms with Gasteiger partial charge in [0.25, 0.3) is 5.91 Å². The lowest BCUT2D eigenvalue weighted by Gasteiger charge is -2.52. The maximum Gasteiger partial charge on any atom is 0.417 e. The van der Waals surface area contributed by atoms with E-state index in [0.717, 1.165) is 17.6 Å². The van der Waals surface area contributed by atoms with Gasteiger partial charge in [0, 0.05) is 35.7 Å². The van der Waals surface area contributed by atoms with E-state index in [1.165, 1.54) is 6.07 Å². The summed E-state index contributed by atoms with van der Waals surface area (Å²) >= 11 is 0. The van der Waals surface area contributed by atoms with Gasteiger partial charge in [-0.15, -0.1) is 0 Å². The fraction of sp³-hybridized carbons (Fsp3) is 0.318. The number of hydrogen-bond acceptors (Lipinski definition) is 4. The van der Waals surface area contributed by atoms with Gasteiger partial charge in [-0.3, -0.25) is 4.79 Å². The summed E-state index contributed by atoms with van der Waals surface area (Å²) in [6.07, 6.45) is -3.72. The van der Waals surface area contributed by atoms with Gasteiger partial charge >= 0.3 is 6.18 Å². The molecular weight excluding hydrogens is 395 g/mol. The number of benzene rings is 1. The Hall–Kier alpha value is -3.16. The van der Waals surface area contributed by atoms with Gasteiger partial charge < -0.3 is 9.64 Å². The summed E-state index contributed by atoms with van der Waals surface area (Å²) in [7, 11) is 0. The Morgan fingerprint density at radius 2 is 1.93 bits per heavy atom. The van der Waals surface area contributed by atoms with Crippen LogP contribution in [-0.4, -0.2) is 33.4 Å². The van der Waals surface area contributed by atoms with Crippen molar-refractivity contribution in [3.63, 3.8) is 0 Å². The van der Waals surface area contributed by atoms with Crippen molar-refractivity contribution < 1.29 is 22.7 Å². The summed E-state index contributed by atoms with van der Waals surface area (Å²) in [5.74, 6) is 0.364. The molecule has 1 aliphatic heterocycles. The van der Waals surface area contributed by atoms with Gasteiger partial charge in [0.2, 0.25) is 5.88 Å². The highest BCUT2D eigenvalue weighted by molar-refractivity contribution is 5.95. The van der Waals surface area contributed by atoms with Crippen LogP contribution in [0.2, 0.25) is 0 Å². The number of alkyl halides is 3. The molecule has 0 N–H and O–H groups in total. The molecule has 1 aromatic carbocycles. The van der Waals surface area contributed by atoms with Crippen LogP contribution in [0, 0.1) is 5.41 Å². The molecule has 5 nitrogen and oxygen atoms in total. The highest BCUT2D eigenvalue weighted by Crippen LogP contribution is 2.37. The second-order valence-corrected chi connectivity index (χ2v) is 8.13. The first-order valence-electron chi connectivity index (χ1n) is 9.47. The van der Waals surface area contributed by atoms with Crippen LogP contribution in [0.5, 0.6) is 11.6 Å². The first-order valence-corrected chi connectivity index (χ1v) is 9.47. The molecule has 1 aliphatic rings. The quantitative estimate of drug-likeness (QED) is 0.582. The van der Waals surface area contributed by atoms with Gasteiger partial charge in [-0.25, -0.2) is 9.97 Å². The van der Waals surface area contributed by atoms with E-state index in [4.69, 9.17) is 4.74 Å². The number of rotatable bonds is 3. The van der Waals surface area contributed by atoms with E-state index in [-0.39, 0.29) is 23.2 Å². The van der Waals surface area contributed by atoms with E-state index >= 15 is 0 Å². The smallest absolute Gasteiger partial charge is 0.417 e. The minimum absolute atomic E-state index is 0.0523. The Bertz CT molecular complexity index is 1110. The maximum absolute atomic E-state index is 12.7. The van der Waals surface area contributed by atoms with Crippen LogP contribution in [0.4, 0.5) is 13.2 Å². The highest BCUT2D eigenvalue weighted by atomic mass is 19.4. The lowest BCUT2D eigenvalue weighted by molar-refractivity contribution is -0.137. The van der Waals surface area contributed by atoms with Crippen molar-refractivity contribution in [1.82, 2.24) is 14.9 Å². The molecule has 3 heterocycles. The molecule has 156 valence electrons. The van der Waals surface area contributed by atoms with Crippen LogP contribution in [0.3, 0.4) is 0 Å². The first kappa shape index (κ1) is 20.1. The van der Waals surface area contributed by atoms with Crippen LogP contribution in [-0.2, 0) is 6.18 Å². The van der Waals surface area contributed by atoms with Crippen molar-refractivity contribution in [3.8, 4) is 11.6 Å². The molecule has 0 aliphatic carbocycles. The topological polar surface area (TPSA) is 55.3 Å². The number of fused-ring (bicyclic) bond motifs is 1. The molecule has 1 atom stereocenters. The van der Waals surface area contributed by atoms with Crippen molar-refractivity contribution >= 4 is 16.8 Å². The number of pyridine rings is 2. The zero-order valence-corrected chi connectivity index (χ0v) is 16.7. The molecule has 8 heteroatoms. The first-order chi connectivity index (χ1) is 14.0. The molecule has 4 rings (SSSR count). The maximum atomic E-state index is 12.7. The van der Waals surface area contributed by atoms with E-state index in [1.807, 2.05) is 11.8 Å². The largest absolute Gasteiger partial charge is 0.439 e. The van der Waals surface area contributed by atoms with Gasteiger partial charge in [0.15, 0.2) is 0 Å². The van der Waals surface area contributed by atoms with E-state index in [0.29, 0.717) is 23.5 Å². The Morgan fingerprint density at radius 3 is 2.53 bits per heavy atom. The van der Waals surface area contributed by atoms with E-state index in [2.05, 4.69) is 23.8 Å². The molecule has 0 radical (unpaired) electrons. The van der Waals surface area contributed by atoms with Gasteiger partial charge in [-0.2, -0.15) is 13.2 Å². The van der Waals surface area contributed by atoms with Crippen molar-refractivity contribution in [2.45, 2.75) is 33.0 Å². The Balaban J connectivity index is 1.51. The third-order valence-electron chi connectivity index (χ3n) is 5.60. The molecule has 0 saturated carbocycles. The fourth-order valence-electron chi connectivity index (χ4n) is 3.43. The standard InChI is InChI=1S/C22H20F3N3O2/c1-13-21(2,3)12-28(13)20(29)18-7-4-14-10-16(6-8-17(14)27-18)30-19-9-5-15(11-26-19)22(23,24)25/h4-11,13H,12H2,1-3H3/t13-/m1/s1. The molecule has 3 aromatic rings. The minimum Gasteiger partial charge on any atom is -0.439 e. The molecule has 1 saturated heterocycles. The number of hydrogen-bond donors (Lipinski definition) is 0. The molecule has 1 amide bonds. The van der Waals surface area contributed by atoms with Crippen molar-refractivity contribution in [1.29, 1.82) is 0 Å². The average molecular weight is 415 g/mol. The normalized spacial score (nSPS) is 18.2.